The lowest BCUT2D eigenvalue weighted by Gasteiger charge is -2.38. The number of hydrogen-bond acceptors (Lipinski definition) is 22. The summed E-state index contributed by atoms with van der Waals surface area (Å²) in [5.74, 6) is -7.50. The minimum atomic E-state index is -4.21. The maximum atomic E-state index is 15.0. The predicted octanol–water partition coefficient (Wildman–Crippen LogP) is 11.1. The maximum Gasteiger partial charge on any atom is 0.408 e. The Labute approximate surface area is 695 Å². The average molecular weight is 1720 g/mol. The number of alkyl carbamates (subject to hydrolysis) is 1. The monoisotopic (exact) mass is 1710 g/mol. The number of aliphatic hydroxyl groups is 1. The van der Waals surface area contributed by atoms with Gasteiger partial charge in [0.15, 0.2) is 5.78 Å². The summed E-state index contributed by atoms with van der Waals surface area (Å²) in [6, 6.07) is 8.26. The number of amides is 5. The van der Waals surface area contributed by atoms with Gasteiger partial charge in [-0.25, -0.2) is 54.2 Å². The first-order valence-electron chi connectivity index (χ1n) is 41.9. The van der Waals surface area contributed by atoms with Gasteiger partial charge in [-0.2, -0.15) is 5.26 Å². The first kappa shape index (κ1) is 85.9. The first-order valence-corrected chi connectivity index (χ1v) is 45.3. The van der Waals surface area contributed by atoms with Crippen molar-refractivity contribution in [2.45, 2.75) is 268 Å². The molecule has 22 atom stereocenters. The fourth-order valence-corrected chi connectivity index (χ4v) is 22.6. The summed E-state index contributed by atoms with van der Waals surface area (Å²) in [4.78, 5) is 117. The highest BCUT2D eigenvalue weighted by atomic mass is 35.5. The van der Waals surface area contributed by atoms with E-state index >= 15 is 0 Å². The van der Waals surface area contributed by atoms with Crippen molar-refractivity contribution in [1.82, 2.24) is 39.8 Å². The number of ketones is 1. The number of fused-ring (bicyclic) bond motifs is 14. The standard InChI is InChI=1S/C44H53F2N5O8S.C41H55ClF2N6O8S/c1-23-35-22-51(37(23)33(52)20-44(19-29(44)38(45)46)41(55)50-60(56,57)43(5)13-14-43)40(54)28(42(2,3)4)18-36(53)58-34-17-25-16-27(25)26(34)9-7-6-8-10-31-39(59-35)49-32-15-24(21-47)11-12-30(32)48-31;1-20-30-19-50(31(20)34(51)48-41(18-25(41)33(43)44)37(53)49-59(55,56)40(5)13-14-40)36(52)32(39(2,3)4)47-38(54)58-29-16-21-15-24(21)23(29)9-7-6-8-10-27-35(57-30)46-28-17-22(42)11-12-26(28)45-27/h6,8,11-12,15,23,25-29,34-35,37-38H,7,9-10,13-14,16-20,22H2,1-5H3,(H,50,55);6,8,11-12,17,20-21,23-25,27,29-34,45,48,51H,7,9-10,13-16,18-19H2,1-5H3,(H,47,54)(H,49,53)/b2*8-6+/t23-,25+,26-,27+,28-,29+,34-,35+,37+,44?;20-,21+,23-,24+,25+,27?,29-,30+,31+,32-,34?,41-/m11/s1. The number of aliphatic hydroxyl groups excluding tert-OH is 1. The molecule has 34 heteroatoms. The molecule has 3 unspecified atom stereocenters. The zero-order valence-electron chi connectivity index (χ0n) is 68.6. The molecule has 8 aliphatic carbocycles. The second kappa shape index (κ2) is 31.7. The van der Waals surface area contributed by atoms with E-state index in [4.69, 9.17) is 45.5 Å². The van der Waals surface area contributed by atoms with E-state index in [1.165, 1.54) is 23.6 Å². The van der Waals surface area contributed by atoms with Crippen molar-refractivity contribution in [3.8, 4) is 11.9 Å². The van der Waals surface area contributed by atoms with Crippen LogP contribution in [-0.4, -0.2) is 185 Å². The van der Waals surface area contributed by atoms with Crippen molar-refractivity contribution in [3.05, 3.63) is 77.0 Å². The fraction of sp³-hybridized carbons (Fsp3) is 0.682. The van der Waals surface area contributed by atoms with Gasteiger partial charge in [0.1, 0.15) is 54.0 Å². The van der Waals surface area contributed by atoms with Gasteiger partial charge in [0.25, 0.3) is 5.91 Å². The van der Waals surface area contributed by atoms with Crippen LogP contribution in [0.15, 0.2) is 65.7 Å². The van der Waals surface area contributed by atoms with Crippen LogP contribution in [0, 0.1) is 92.7 Å². The number of esters is 1. The van der Waals surface area contributed by atoms with Crippen LogP contribution in [0.3, 0.4) is 0 Å². The van der Waals surface area contributed by atoms with Crippen LogP contribution < -0.4 is 30.1 Å². The molecule has 0 spiro atoms. The largest absolute Gasteiger partial charge is 0.474 e. The Morgan fingerprint density at radius 2 is 1.31 bits per heavy atom. The van der Waals surface area contributed by atoms with Crippen LogP contribution in [0.1, 0.15) is 190 Å². The highest BCUT2D eigenvalue weighted by molar-refractivity contribution is 7.92. The number of allylic oxidation sites excluding steroid dienone is 3. The molecular formula is C85H108ClF4N11O16S2. The van der Waals surface area contributed by atoms with Crippen LogP contribution in [0.5, 0.6) is 5.88 Å². The Hall–Kier alpha value is -8.06. The van der Waals surface area contributed by atoms with Gasteiger partial charge in [0.05, 0.1) is 86.5 Å². The quantitative estimate of drug-likeness (QED) is 0.0378. The third kappa shape index (κ3) is 17.1. The molecule has 119 heavy (non-hydrogen) atoms. The van der Waals surface area contributed by atoms with Crippen molar-refractivity contribution in [3.63, 3.8) is 0 Å². The molecule has 16 rings (SSSR count). The number of anilines is 1. The van der Waals surface area contributed by atoms with E-state index in [2.05, 4.69) is 40.2 Å². The number of carbonyl (C=O) groups excluding carboxylic acids is 7. The molecule has 2 saturated heterocycles. The van der Waals surface area contributed by atoms with Crippen LogP contribution in [0.4, 0.5) is 33.7 Å². The summed E-state index contributed by atoms with van der Waals surface area (Å²) < 4.78 is 137. The number of nitriles is 1. The summed E-state index contributed by atoms with van der Waals surface area (Å²) in [7, 11) is -8.42. The Morgan fingerprint density at radius 1 is 0.697 bits per heavy atom. The number of aliphatic imine (C=N–C) groups is 1. The number of aromatic nitrogens is 2. The molecule has 6 heterocycles. The van der Waals surface area contributed by atoms with Crippen molar-refractivity contribution in [1.29, 1.82) is 5.26 Å². The number of benzene rings is 2. The van der Waals surface area contributed by atoms with Gasteiger partial charge in [-0.1, -0.05) is 91.3 Å². The van der Waals surface area contributed by atoms with E-state index in [1.807, 2.05) is 42.4 Å². The van der Waals surface area contributed by atoms with E-state index in [-0.39, 0.29) is 49.4 Å². The van der Waals surface area contributed by atoms with E-state index < -0.39 is 197 Å². The molecule has 27 nitrogen and oxygen atoms in total. The molecule has 4 bridgehead atoms. The number of alkyl halides is 4. The smallest absolute Gasteiger partial charge is 0.408 e. The molecule has 13 aliphatic rings. The van der Waals surface area contributed by atoms with E-state index in [1.54, 1.807) is 65.0 Å². The summed E-state index contributed by atoms with van der Waals surface area (Å²) in [5.41, 5.74) is -2.72. The van der Waals surface area contributed by atoms with Gasteiger partial charge in [0, 0.05) is 41.5 Å². The highest BCUT2D eigenvalue weighted by Gasteiger charge is 2.70. The molecule has 2 aromatic carbocycles. The number of rotatable bonds is 14. The van der Waals surface area contributed by atoms with Crippen LogP contribution in [0.2, 0.25) is 5.02 Å². The summed E-state index contributed by atoms with van der Waals surface area (Å²) in [6.45, 7) is 16.9. The molecule has 5 amide bonds. The van der Waals surface area contributed by atoms with Gasteiger partial charge in [-0.3, -0.25) is 43.5 Å². The van der Waals surface area contributed by atoms with Gasteiger partial charge < -0.3 is 44.5 Å². The molecule has 8 saturated carbocycles. The number of hydrogen-bond donors (Lipinski definition) is 6. The van der Waals surface area contributed by atoms with Crippen molar-refractivity contribution in [2.75, 3.05) is 18.4 Å². The molecule has 646 valence electrons. The number of sulfonamides is 2. The lowest BCUT2D eigenvalue weighted by atomic mass is 9.77. The van der Waals surface area contributed by atoms with Crippen molar-refractivity contribution >= 4 is 101 Å². The minimum absolute atomic E-state index is 0.116. The zero-order chi connectivity index (χ0) is 85.5. The fourth-order valence-electron chi connectivity index (χ4n) is 19.8. The van der Waals surface area contributed by atoms with Crippen molar-refractivity contribution in [2.24, 2.45) is 86.3 Å². The summed E-state index contributed by atoms with van der Waals surface area (Å²) in [5, 5.41) is 31.2. The number of carbonyl (C=O) groups is 7. The van der Waals surface area contributed by atoms with Crippen LogP contribution in [-0.2, 0) is 69.4 Å². The zero-order valence-corrected chi connectivity index (χ0v) is 71.0. The lowest BCUT2D eigenvalue weighted by Crippen LogP contribution is -2.63. The van der Waals surface area contributed by atoms with E-state index in [0.717, 1.165) is 57.1 Å². The Morgan fingerprint density at radius 3 is 1.91 bits per heavy atom. The predicted molar refractivity (Wildman–Crippen MR) is 429 cm³/mol. The average Bonchev–Trinajstić information content (AvgIpc) is 1.56. The first-order chi connectivity index (χ1) is 56.0. The van der Waals surface area contributed by atoms with Crippen molar-refractivity contribution < 1.29 is 92.0 Å². The maximum absolute atomic E-state index is 15.0. The summed E-state index contributed by atoms with van der Waals surface area (Å²) in [6.07, 6.45) is 4.53. The number of halogens is 5. The van der Waals surface area contributed by atoms with Crippen LogP contribution in [0.25, 0.3) is 11.0 Å². The molecule has 3 aromatic rings. The van der Waals surface area contributed by atoms with E-state index in [0.29, 0.717) is 101 Å². The highest BCUT2D eigenvalue weighted by Crippen LogP contribution is 2.62. The van der Waals surface area contributed by atoms with Gasteiger partial charge >= 0.3 is 12.1 Å². The van der Waals surface area contributed by atoms with Gasteiger partial charge in [0.2, 0.25) is 62.4 Å². The van der Waals surface area contributed by atoms with E-state index in [9.17, 15) is 78.3 Å². The third-order valence-electron chi connectivity index (χ3n) is 28.3. The number of Topliss-reactive ketones (excluding diaryl/α,β-unsaturated/α-hetero) is 1. The number of nitrogens with zero attached hydrogens (tertiary/aromatic N) is 6. The van der Waals surface area contributed by atoms with Gasteiger partial charge in [-0.05, 0) is 193 Å². The van der Waals surface area contributed by atoms with Crippen LogP contribution >= 0.6 is 11.6 Å². The Bertz CT molecular complexity index is 4950. The molecule has 5 aliphatic heterocycles. The normalized spacial score (nSPS) is 35.7. The molecular weight excluding hydrogens is 1610 g/mol. The Kier molecular flexibility index (Phi) is 22.9. The molecule has 1 aromatic heterocycles. The lowest BCUT2D eigenvalue weighted by molar-refractivity contribution is -0.158. The number of ether oxygens (including phenoxy) is 4. The third-order valence-corrected chi connectivity index (χ3v) is 32.8. The molecule has 10 fully saturated rings. The molecule has 6 N–H and O–H groups in total. The topological polar surface area (TPSA) is 373 Å². The number of nitrogens with one attached hydrogen (secondary N) is 5. The van der Waals surface area contributed by atoms with Gasteiger partial charge in [-0.15, -0.1) is 0 Å². The minimum Gasteiger partial charge on any atom is -0.474 e. The molecule has 0 radical (unpaired) electrons. The second-order valence-corrected chi connectivity index (χ2v) is 43.5. The SMILES string of the molecule is C[C@@H]1[C@@H]2CN(C(=O)[C@H](C(C)(C)C)CC(=O)O[C@@H]3C[C@@H]4C[C@@H]4[C@H]3CC/C=C/Cc3nc4ccc(C#N)cc4nc3O2)[C@@H]1C(=O)CC1(C(=O)NS(=O)(=O)C2(C)CC2)C[C@H]1C(F)F.C[C@@H]1[C@@H]2CN(C(=O)[C@H](C(C)(C)C)NC(=O)O[C@@H]3C[C@@H]4C[C@@H]4[C@H]3CC/C=C/CC3Nc4ccc(Cl)cc4N=C3O2)[C@@H]1C(O)N[C@]1(C(=O)NS(=O)(=O)C2(C)CC2)C[C@H]1C(F)F. The summed E-state index contributed by atoms with van der Waals surface area (Å²) >= 11 is 6.35. The second-order valence-electron chi connectivity index (χ2n) is 38.7. The Balaban J connectivity index is 0.000000186.